The molecule has 3 heterocycles. The Morgan fingerprint density at radius 1 is 0.976 bits per heavy atom. The molecule has 1 unspecified atom stereocenters. The van der Waals surface area contributed by atoms with E-state index in [2.05, 4.69) is 4.98 Å². The minimum Gasteiger partial charge on any atom is -0.503 e. The summed E-state index contributed by atoms with van der Waals surface area (Å²) in [5.74, 6) is -0.748. The second-order valence-corrected chi connectivity index (χ2v) is 9.62. The molecule has 8 nitrogen and oxygen atoms in total. The first-order valence-corrected chi connectivity index (χ1v) is 13.0. The van der Waals surface area contributed by atoms with Crippen LogP contribution in [0, 0.1) is 0 Å². The SMILES string of the molecule is COc1cccc2cc(C(=O)C3=C(O)C(=O)N(Cc4cccnc4)C3c3ccc(OCc4ccccc4)cc3)oc12. The highest BCUT2D eigenvalue weighted by molar-refractivity contribution is 6.16. The fraction of sp³-hybridized carbons (Fsp3) is 0.121. The van der Waals surface area contributed by atoms with Gasteiger partial charge in [-0.2, -0.15) is 0 Å². The van der Waals surface area contributed by atoms with Crippen molar-refractivity contribution in [1.29, 1.82) is 0 Å². The Morgan fingerprint density at radius 3 is 2.49 bits per heavy atom. The first kappa shape index (κ1) is 25.9. The minimum absolute atomic E-state index is 0.00473. The molecule has 1 aliphatic heterocycles. The van der Waals surface area contributed by atoms with Crippen LogP contribution in [0.25, 0.3) is 11.0 Å². The lowest BCUT2D eigenvalue weighted by atomic mass is 9.94. The first-order chi connectivity index (χ1) is 20.0. The summed E-state index contributed by atoms with van der Waals surface area (Å²) in [4.78, 5) is 32.9. The van der Waals surface area contributed by atoms with Gasteiger partial charge < -0.3 is 23.9 Å². The normalized spacial score (nSPS) is 15.0. The zero-order valence-corrected chi connectivity index (χ0v) is 22.2. The zero-order valence-electron chi connectivity index (χ0n) is 22.2. The third-order valence-electron chi connectivity index (χ3n) is 7.02. The number of rotatable bonds is 9. The summed E-state index contributed by atoms with van der Waals surface area (Å²) in [7, 11) is 1.52. The van der Waals surface area contributed by atoms with Crippen molar-refractivity contribution < 1.29 is 28.6 Å². The fourth-order valence-corrected chi connectivity index (χ4v) is 5.01. The summed E-state index contributed by atoms with van der Waals surface area (Å²) >= 11 is 0. The second-order valence-electron chi connectivity index (χ2n) is 9.62. The van der Waals surface area contributed by atoms with Crippen LogP contribution in [0.1, 0.15) is 33.3 Å². The van der Waals surface area contributed by atoms with Gasteiger partial charge in [0.1, 0.15) is 12.4 Å². The molecule has 204 valence electrons. The number of pyridine rings is 1. The van der Waals surface area contributed by atoms with Gasteiger partial charge in [0.05, 0.1) is 18.7 Å². The predicted molar refractivity (Wildman–Crippen MR) is 151 cm³/mol. The third kappa shape index (κ3) is 5.03. The Morgan fingerprint density at radius 2 is 1.76 bits per heavy atom. The monoisotopic (exact) mass is 546 g/mol. The Labute approximate surface area is 236 Å². The van der Waals surface area contributed by atoms with E-state index in [9.17, 15) is 14.7 Å². The number of benzene rings is 3. The summed E-state index contributed by atoms with van der Waals surface area (Å²) < 4.78 is 17.2. The molecule has 0 saturated heterocycles. The maximum Gasteiger partial charge on any atom is 0.290 e. The number of ketones is 1. The predicted octanol–water partition coefficient (Wildman–Crippen LogP) is 6.19. The van der Waals surface area contributed by atoms with Crippen molar-refractivity contribution in [1.82, 2.24) is 9.88 Å². The maximum absolute atomic E-state index is 13.9. The Hall–Kier alpha value is -5.37. The molecule has 0 saturated carbocycles. The lowest BCUT2D eigenvalue weighted by molar-refractivity contribution is -0.130. The van der Waals surface area contributed by atoms with Crippen molar-refractivity contribution in [2.45, 2.75) is 19.2 Å². The second kappa shape index (κ2) is 11.0. The van der Waals surface area contributed by atoms with Crippen LogP contribution in [-0.2, 0) is 17.9 Å². The van der Waals surface area contributed by atoms with Crippen molar-refractivity contribution in [2.75, 3.05) is 7.11 Å². The van der Waals surface area contributed by atoms with Crippen LogP contribution in [0.15, 0.2) is 119 Å². The number of hydrogen-bond donors (Lipinski definition) is 1. The number of ether oxygens (including phenoxy) is 2. The van der Waals surface area contributed by atoms with E-state index in [1.165, 1.54) is 12.0 Å². The number of methoxy groups -OCH3 is 1. The van der Waals surface area contributed by atoms with Crippen LogP contribution in [0.5, 0.6) is 11.5 Å². The highest BCUT2D eigenvalue weighted by Crippen LogP contribution is 2.41. The van der Waals surface area contributed by atoms with Gasteiger partial charge in [0, 0.05) is 24.3 Å². The molecule has 1 amide bonds. The minimum atomic E-state index is -0.867. The molecular weight excluding hydrogens is 520 g/mol. The summed E-state index contributed by atoms with van der Waals surface area (Å²) in [5.41, 5.74) is 2.77. The summed E-state index contributed by atoms with van der Waals surface area (Å²) in [6.07, 6.45) is 3.29. The molecule has 1 aliphatic rings. The van der Waals surface area contributed by atoms with Crippen LogP contribution in [0.3, 0.4) is 0 Å². The molecule has 2 aromatic heterocycles. The van der Waals surface area contributed by atoms with Gasteiger partial charge >= 0.3 is 0 Å². The number of Topliss-reactive ketones (excluding diaryl/α,β-unsaturated/α-hetero) is 1. The number of aliphatic hydroxyl groups is 1. The zero-order chi connectivity index (χ0) is 28.3. The van der Waals surface area contributed by atoms with E-state index < -0.39 is 23.5 Å². The number of amides is 1. The number of aromatic nitrogens is 1. The number of furan rings is 1. The summed E-state index contributed by atoms with van der Waals surface area (Å²) in [6.45, 7) is 0.535. The molecular formula is C33H26N2O6. The number of carbonyl (C=O) groups is 2. The molecule has 5 aromatic rings. The molecule has 1 atom stereocenters. The van der Waals surface area contributed by atoms with E-state index in [4.69, 9.17) is 13.9 Å². The topological polar surface area (TPSA) is 102 Å². The number of hydrogen-bond acceptors (Lipinski definition) is 7. The highest BCUT2D eigenvalue weighted by atomic mass is 16.5. The average Bonchev–Trinajstić information content (AvgIpc) is 3.56. The van der Waals surface area contributed by atoms with Gasteiger partial charge in [-0.25, -0.2) is 0 Å². The molecule has 0 radical (unpaired) electrons. The number of para-hydroxylation sites is 1. The van der Waals surface area contributed by atoms with Crippen LogP contribution >= 0.6 is 0 Å². The van der Waals surface area contributed by atoms with E-state index in [1.54, 1.807) is 67.0 Å². The molecule has 0 fully saturated rings. The van der Waals surface area contributed by atoms with Crippen molar-refractivity contribution >= 4 is 22.7 Å². The third-order valence-corrected chi connectivity index (χ3v) is 7.02. The van der Waals surface area contributed by atoms with Crippen LogP contribution < -0.4 is 9.47 Å². The molecule has 6 rings (SSSR count). The van der Waals surface area contributed by atoms with Crippen molar-refractivity contribution in [3.63, 3.8) is 0 Å². The highest BCUT2D eigenvalue weighted by Gasteiger charge is 2.44. The Kier molecular flexibility index (Phi) is 6.95. The summed E-state index contributed by atoms with van der Waals surface area (Å²) in [6, 6.07) is 26.6. The Bertz CT molecular complexity index is 1740. The molecule has 1 N–H and O–H groups in total. The van der Waals surface area contributed by atoms with Gasteiger partial charge in [0.2, 0.25) is 5.78 Å². The van der Waals surface area contributed by atoms with Crippen LogP contribution in [0.4, 0.5) is 0 Å². The number of aliphatic hydroxyl groups excluding tert-OH is 1. The molecule has 41 heavy (non-hydrogen) atoms. The molecule has 0 aliphatic carbocycles. The largest absolute Gasteiger partial charge is 0.503 e. The van der Waals surface area contributed by atoms with Gasteiger partial charge in [-0.3, -0.25) is 14.6 Å². The van der Waals surface area contributed by atoms with Crippen LogP contribution in [-0.4, -0.2) is 33.8 Å². The molecule has 8 heteroatoms. The van der Waals surface area contributed by atoms with Gasteiger partial charge in [0.25, 0.3) is 5.91 Å². The smallest absolute Gasteiger partial charge is 0.290 e. The van der Waals surface area contributed by atoms with E-state index in [0.29, 0.717) is 34.6 Å². The molecule has 3 aromatic carbocycles. The maximum atomic E-state index is 13.9. The lowest BCUT2D eigenvalue weighted by Gasteiger charge is -2.26. The lowest BCUT2D eigenvalue weighted by Crippen LogP contribution is -2.30. The van der Waals surface area contributed by atoms with Crippen molar-refractivity contribution in [3.05, 3.63) is 137 Å². The van der Waals surface area contributed by atoms with Gasteiger partial charge in [-0.15, -0.1) is 0 Å². The average molecular weight is 547 g/mol. The van der Waals surface area contributed by atoms with Crippen LogP contribution in [0.2, 0.25) is 0 Å². The van der Waals surface area contributed by atoms with Crippen molar-refractivity contribution in [3.8, 4) is 11.5 Å². The van der Waals surface area contributed by atoms with E-state index >= 15 is 0 Å². The van der Waals surface area contributed by atoms with E-state index in [-0.39, 0.29) is 17.9 Å². The number of fused-ring (bicyclic) bond motifs is 1. The number of carbonyl (C=O) groups excluding carboxylic acids is 2. The van der Waals surface area contributed by atoms with Crippen molar-refractivity contribution in [2.24, 2.45) is 0 Å². The number of nitrogens with zero attached hydrogens (tertiary/aromatic N) is 2. The quantitative estimate of drug-likeness (QED) is 0.220. The Balaban J connectivity index is 1.36. The fourth-order valence-electron chi connectivity index (χ4n) is 5.01. The molecule has 0 bridgehead atoms. The van der Waals surface area contributed by atoms with Gasteiger partial charge in [-0.1, -0.05) is 60.7 Å². The van der Waals surface area contributed by atoms with Gasteiger partial charge in [-0.05, 0) is 47.0 Å². The van der Waals surface area contributed by atoms with Gasteiger partial charge in [0.15, 0.2) is 22.9 Å². The first-order valence-electron chi connectivity index (χ1n) is 13.0. The summed E-state index contributed by atoms with van der Waals surface area (Å²) in [5, 5.41) is 11.7. The van der Waals surface area contributed by atoms with E-state index in [0.717, 1.165) is 11.1 Å². The van der Waals surface area contributed by atoms with E-state index in [1.807, 2.05) is 36.4 Å². The molecule has 0 spiro atoms. The standard InChI is InChI=1S/C33H26N2O6/c1-39-26-11-5-10-24-17-27(41-32(24)26)30(36)28-29(35(33(38)31(28)37)19-22-9-6-16-34-18-22)23-12-14-25(15-13-23)40-20-21-7-3-2-4-8-21/h2-18,29,37H,19-20H2,1H3.